The van der Waals surface area contributed by atoms with Crippen molar-refractivity contribution < 1.29 is 37.3 Å². The van der Waals surface area contributed by atoms with E-state index in [4.69, 9.17) is 30.5 Å². The van der Waals surface area contributed by atoms with Crippen LogP contribution in [-0.4, -0.2) is 42.8 Å². The monoisotopic (exact) mass is 398 g/mol. The number of hydrogen-bond acceptors (Lipinski definition) is 5. The largest absolute Gasteiger partial charge is 0.496 e. The van der Waals surface area contributed by atoms with Crippen molar-refractivity contribution in [2.24, 2.45) is 5.73 Å². The van der Waals surface area contributed by atoms with E-state index in [2.05, 4.69) is 0 Å². The quantitative estimate of drug-likeness (QED) is 0.415. The summed E-state index contributed by atoms with van der Waals surface area (Å²) >= 11 is 0. The summed E-state index contributed by atoms with van der Waals surface area (Å²) in [6.45, 7) is 0.360. The maximum atomic E-state index is 11.4. The van der Waals surface area contributed by atoms with Gasteiger partial charge in [0.2, 0.25) is 0 Å². The number of ether oxygens (including phenoxy) is 2. The predicted octanol–water partition coefficient (Wildman–Crippen LogP) is 2.80. The first-order valence-corrected chi connectivity index (χ1v) is 7.95. The summed E-state index contributed by atoms with van der Waals surface area (Å²) in [5, 5.41) is 16.7. The number of amidine groups is 1. The molecule has 1 atom stereocenters. The first kappa shape index (κ1) is 21.0. The van der Waals surface area contributed by atoms with Crippen molar-refractivity contribution in [3.05, 3.63) is 41.5 Å². The molecule has 7 nitrogen and oxygen atoms in total. The Morgan fingerprint density at radius 2 is 1.93 bits per heavy atom. The molecular formula is C18H17F3N2O5. The number of methoxy groups -OCH3 is 1. The normalized spacial score (nSPS) is 16.1. The van der Waals surface area contributed by atoms with E-state index < -0.39 is 12.1 Å². The Kier molecular flexibility index (Phi) is 6.12. The van der Waals surface area contributed by atoms with Crippen LogP contribution in [0.1, 0.15) is 23.5 Å². The Balaban J connectivity index is 0.000000345. The van der Waals surface area contributed by atoms with Crippen LogP contribution in [0.3, 0.4) is 0 Å². The van der Waals surface area contributed by atoms with Crippen LogP contribution in [0.4, 0.5) is 13.2 Å². The number of benzene rings is 2. The average molecular weight is 398 g/mol. The van der Waals surface area contributed by atoms with Crippen LogP contribution < -0.4 is 10.5 Å². The number of esters is 1. The maximum Gasteiger partial charge on any atom is 0.490 e. The zero-order valence-corrected chi connectivity index (χ0v) is 14.7. The summed E-state index contributed by atoms with van der Waals surface area (Å²) in [7, 11) is 1.61. The molecule has 150 valence electrons. The van der Waals surface area contributed by atoms with Crippen LogP contribution in [0, 0.1) is 5.41 Å². The molecular weight excluding hydrogens is 381 g/mol. The lowest BCUT2D eigenvalue weighted by molar-refractivity contribution is -0.192. The zero-order chi connectivity index (χ0) is 21.1. The first-order valence-electron chi connectivity index (χ1n) is 7.95. The number of nitrogen functional groups attached to an aromatic ring is 1. The van der Waals surface area contributed by atoms with Gasteiger partial charge >= 0.3 is 18.1 Å². The van der Waals surface area contributed by atoms with Crippen molar-refractivity contribution in [3.63, 3.8) is 0 Å². The molecule has 3 rings (SSSR count). The average Bonchev–Trinajstić information content (AvgIpc) is 3.05. The maximum absolute atomic E-state index is 11.4. The number of nitrogens with one attached hydrogen (secondary N) is 1. The summed E-state index contributed by atoms with van der Waals surface area (Å²) in [6, 6.07) is 9.47. The van der Waals surface area contributed by atoms with Gasteiger partial charge in [0.05, 0.1) is 20.1 Å². The summed E-state index contributed by atoms with van der Waals surface area (Å²) in [5.74, 6) is -2.23. The molecule has 1 fully saturated rings. The van der Waals surface area contributed by atoms with Crippen LogP contribution in [-0.2, 0) is 14.3 Å². The fourth-order valence-corrected chi connectivity index (χ4v) is 2.79. The molecule has 10 heteroatoms. The smallest absolute Gasteiger partial charge is 0.490 e. The summed E-state index contributed by atoms with van der Waals surface area (Å²) in [4.78, 5) is 20.3. The third-order valence-electron chi connectivity index (χ3n) is 4.06. The van der Waals surface area contributed by atoms with Crippen LogP contribution in [0.5, 0.6) is 5.75 Å². The van der Waals surface area contributed by atoms with E-state index in [0.29, 0.717) is 18.6 Å². The second kappa shape index (κ2) is 8.15. The minimum Gasteiger partial charge on any atom is -0.496 e. The van der Waals surface area contributed by atoms with Gasteiger partial charge in [0.1, 0.15) is 11.6 Å². The van der Waals surface area contributed by atoms with E-state index in [1.54, 1.807) is 7.11 Å². The van der Waals surface area contributed by atoms with E-state index in [-0.39, 0.29) is 17.7 Å². The summed E-state index contributed by atoms with van der Waals surface area (Å²) in [6.07, 6.45) is -4.74. The van der Waals surface area contributed by atoms with Crippen molar-refractivity contribution in [2.75, 3.05) is 13.7 Å². The minimum atomic E-state index is -5.08. The number of carbonyl (C=O) groups is 2. The van der Waals surface area contributed by atoms with Gasteiger partial charge in [-0.3, -0.25) is 10.2 Å². The standard InChI is InChI=1S/C16H16N2O3.C2HF3O2/c1-20-13-5-4-9-2-3-10(16(17)18)6-12(9)15(13)11-7-14(19)21-8-11;3-2(4,5)1(6)7/h2-6,11H,7-8H2,1H3,(H3,17,18);(H,6,7). The van der Waals surface area contributed by atoms with Crippen molar-refractivity contribution in [2.45, 2.75) is 18.5 Å². The third kappa shape index (κ3) is 4.70. The molecule has 2 aromatic rings. The Labute approximate surface area is 157 Å². The van der Waals surface area contributed by atoms with Crippen LogP contribution >= 0.6 is 0 Å². The van der Waals surface area contributed by atoms with Gasteiger partial charge in [0, 0.05) is 17.0 Å². The van der Waals surface area contributed by atoms with E-state index in [0.717, 1.165) is 22.1 Å². The van der Waals surface area contributed by atoms with Gasteiger partial charge in [-0.05, 0) is 22.9 Å². The van der Waals surface area contributed by atoms with Gasteiger partial charge in [-0.1, -0.05) is 18.2 Å². The summed E-state index contributed by atoms with van der Waals surface area (Å²) < 4.78 is 42.3. The molecule has 1 unspecified atom stereocenters. The molecule has 1 heterocycles. The van der Waals surface area contributed by atoms with E-state index in [9.17, 15) is 18.0 Å². The zero-order valence-electron chi connectivity index (χ0n) is 14.7. The number of halogens is 3. The number of cyclic esters (lactones) is 1. The Bertz CT molecular complexity index is 927. The molecule has 1 aliphatic rings. The highest BCUT2D eigenvalue weighted by Crippen LogP contribution is 2.38. The van der Waals surface area contributed by atoms with Gasteiger partial charge < -0.3 is 20.3 Å². The number of fused-ring (bicyclic) bond motifs is 1. The van der Waals surface area contributed by atoms with E-state index >= 15 is 0 Å². The lowest BCUT2D eigenvalue weighted by Crippen LogP contribution is -2.21. The number of rotatable bonds is 3. The second-order valence-corrected chi connectivity index (χ2v) is 5.92. The topological polar surface area (TPSA) is 123 Å². The fourth-order valence-electron chi connectivity index (χ4n) is 2.79. The highest BCUT2D eigenvalue weighted by molar-refractivity contribution is 6.00. The molecule has 1 aliphatic heterocycles. The number of nitrogens with two attached hydrogens (primary N) is 1. The Morgan fingerprint density at radius 3 is 2.39 bits per heavy atom. The molecule has 1 saturated heterocycles. The SMILES string of the molecule is COc1ccc2ccc(C(=N)N)cc2c1C1COC(=O)C1.O=C(O)C(F)(F)F. The molecule has 28 heavy (non-hydrogen) atoms. The molecule has 0 spiro atoms. The van der Waals surface area contributed by atoms with Gasteiger partial charge in [-0.15, -0.1) is 0 Å². The molecule has 4 N–H and O–H groups in total. The lowest BCUT2D eigenvalue weighted by atomic mass is 9.91. The number of carboxylic acid groups (broad SMARTS) is 1. The summed E-state index contributed by atoms with van der Waals surface area (Å²) in [5.41, 5.74) is 7.18. The van der Waals surface area contributed by atoms with Crippen molar-refractivity contribution >= 4 is 28.5 Å². The Morgan fingerprint density at radius 1 is 1.32 bits per heavy atom. The van der Waals surface area contributed by atoms with E-state index in [1.165, 1.54) is 0 Å². The van der Waals surface area contributed by atoms with Crippen LogP contribution in [0.15, 0.2) is 30.3 Å². The van der Waals surface area contributed by atoms with Crippen molar-refractivity contribution in [3.8, 4) is 5.75 Å². The number of aliphatic carboxylic acids is 1. The number of carbonyl (C=O) groups excluding carboxylic acids is 1. The molecule has 0 amide bonds. The van der Waals surface area contributed by atoms with Crippen LogP contribution in [0.25, 0.3) is 10.8 Å². The number of carboxylic acids is 1. The molecule has 2 aromatic carbocycles. The van der Waals surface area contributed by atoms with Crippen molar-refractivity contribution in [1.82, 2.24) is 0 Å². The fraction of sp³-hybridized carbons (Fsp3) is 0.278. The highest BCUT2D eigenvalue weighted by atomic mass is 19.4. The van der Waals surface area contributed by atoms with Gasteiger partial charge in [0.15, 0.2) is 0 Å². The minimum absolute atomic E-state index is 0.0180. The molecule has 0 saturated carbocycles. The van der Waals surface area contributed by atoms with Crippen LogP contribution in [0.2, 0.25) is 0 Å². The second-order valence-electron chi connectivity index (χ2n) is 5.92. The predicted molar refractivity (Wildman–Crippen MR) is 93.5 cm³/mol. The van der Waals surface area contributed by atoms with Crippen molar-refractivity contribution in [1.29, 1.82) is 5.41 Å². The van der Waals surface area contributed by atoms with Gasteiger partial charge in [0.25, 0.3) is 0 Å². The molecule has 0 bridgehead atoms. The highest BCUT2D eigenvalue weighted by Gasteiger charge is 2.38. The van der Waals surface area contributed by atoms with Gasteiger partial charge in [-0.2, -0.15) is 13.2 Å². The number of alkyl halides is 3. The third-order valence-corrected chi connectivity index (χ3v) is 4.06. The number of hydrogen-bond donors (Lipinski definition) is 3. The first-order chi connectivity index (χ1) is 13.0. The molecule has 0 aromatic heterocycles. The molecule has 0 aliphatic carbocycles. The van der Waals surface area contributed by atoms with E-state index in [1.807, 2.05) is 30.3 Å². The lowest BCUT2D eigenvalue weighted by Gasteiger charge is -2.16. The molecule has 0 radical (unpaired) electrons. The Hall–Kier alpha value is -3.30. The van der Waals surface area contributed by atoms with Gasteiger partial charge in [-0.25, -0.2) is 4.79 Å².